The van der Waals surface area contributed by atoms with Crippen LogP contribution in [0.15, 0.2) is 12.4 Å². The molecule has 0 aliphatic heterocycles. The van der Waals surface area contributed by atoms with Gasteiger partial charge in [0, 0.05) is 34.2 Å². The van der Waals surface area contributed by atoms with Crippen LogP contribution in [0.5, 0.6) is 0 Å². The Morgan fingerprint density at radius 2 is 1.84 bits per heavy atom. The van der Waals surface area contributed by atoms with Crippen LogP contribution in [0, 0.1) is 0 Å². The Labute approximate surface area is 111 Å². The zero-order chi connectivity index (χ0) is 14.3. The highest BCUT2D eigenvalue weighted by Crippen LogP contribution is 1.98. The van der Waals surface area contributed by atoms with Gasteiger partial charge in [-0.2, -0.15) is 0 Å². The smallest absolute Gasteiger partial charge is 0.316 e. The zero-order valence-corrected chi connectivity index (χ0v) is 11.2. The Hall–Kier alpha value is -2.38. The van der Waals surface area contributed by atoms with Gasteiger partial charge in [-0.3, -0.25) is 4.79 Å². The molecule has 0 unspecified atom stereocenters. The van der Waals surface area contributed by atoms with Crippen molar-refractivity contribution < 1.29 is 9.59 Å². The maximum Gasteiger partial charge on any atom is 0.316 e. The fraction of sp³-hybridized carbons (Fsp3) is 0.455. The quantitative estimate of drug-likeness (QED) is 0.625. The average molecular weight is 266 g/mol. The first-order valence-electron chi connectivity index (χ1n) is 5.77. The molecule has 1 aromatic heterocycles. The molecule has 1 rings (SSSR count). The first-order chi connectivity index (χ1) is 9.04. The van der Waals surface area contributed by atoms with Crippen LogP contribution >= 0.6 is 0 Å². The molecular weight excluding hydrogens is 248 g/mol. The van der Waals surface area contributed by atoms with Crippen molar-refractivity contribution in [2.75, 3.05) is 39.5 Å². The highest BCUT2D eigenvalue weighted by Gasteiger charge is 2.07. The third kappa shape index (κ3) is 4.78. The van der Waals surface area contributed by atoms with Gasteiger partial charge < -0.3 is 20.9 Å². The van der Waals surface area contributed by atoms with E-state index in [9.17, 15) is 9.59 Å². The second kappa shape index (κ2) is 7.14. The first-order valence-corrected chi connectivity index (χ1v) is 5.77. The number of hydrogen-bond donors (Lipinski definition) is 3. The molecule has 0 bridgehead atoms. The predicted octanol–water partition coefficient (Wildman–Crippen LogP) is -0.481. The van der Waals surface area contributed by atoms with Crippen LogP contribution in [0.1, 0.15) is 10.5 Å². The largest absolute Gasteiger partial charge is 0.372 e. The van der Waals surface area contributed by atoms with Crippen LogP contribution in [0.25, 0.3) is 0 Å². The van der Waals surface area contributed by atoms with Crippen LogP contribution in [0.3, 0.4) is 0 Å². The molecule has 3 amide bonds. The number of aromatic nitrogens is 2. The second-order valence-corrected chi connectivity index (χ2v) is 3.92. The van der Waals surface area contributed by atoms with Gasteiger partial charge in [0.1, 0.15) is 11.5 Å². The van der Waals surface area contributed by atoms with Crippen molar-refractivity contribution in [1.29, 1.82) is 0 Å². The SMILES string of the molecule is CNc1cnc(C(=O)NCCNC(=O)N(C)C)cn1. The summed E-state index contributed by atoms with van der Waals surface area (Å²) in [5.41, 5.74) is 0.234. The number of hydrogen-bond acceptors (Lipinski definition) is 5. The van der Waals surface area contributed by atoms with Gasteiger partial charge >= 0.3 is 6.03 Å². The van der Waals surface area contributed by atoms with Crippen molar-refractivity contribution in [2.45, 2.75) is 0 Å². The van der Waals surface area contributed by atoms with E-state index in [0.717, 1.165) is 0 Å². The maximum atomic E-state index is 11.7. The highest BCUT2D eigenvalue weighted by atomic mass is 16.2. The number of carbonyl (C=O) groups is 2. The summed E-state index contributed by atoms with van der Waals surface area (Å²) in [6, 6.07) is -0.201. The lowest BCUT2D eigenvalue weighted by Crippen LogP contribution is -2.39. The van der Waals surface area contributed by atoms with E-state index in [-0.39, 0.29) is 17.6 Å². The molecule has 3 N–H and O–H groups in total. The molecular formula is C11H18N6O2. The number of amides is 3. The monoisotopic (exact) mass is 266 g/mol. The molecule has 0 aliphatic rings. The number of carbonyl (C=O) groups excluding carboxylic acids is 2. The van der Waals surface area contributed by atoms with E-state index in [0.29, 0.717) is 18.9 Å². The molecule has 0 saturated carbocycles. The molecule has 1 heterocycles. The summed E-state index contributed by atoms with van der Waals surface area (Å²) in [6.07, 6.45) is 2.86. The number of rotatable bonds is 5. The molecule has 0 radical (unpaired) electrons. The molecule has 0 atom stereocenters. The normalized spacial score (nSPS) is 9.63. The number of nitrogens with zero attached hydrogens (tertiary/aromatic N) is 3. The maximum absolute atomic E-state index is 11.7. The Morgan fingerprint density at radius 3 is 2.37 bits per heavy atom. The van der Waals surface area contributed by atoms with Crippen LogP contribution in [0.4, 0.5) is 10.6 Å². The molecule has 8 nitrogen and oxygen atoms in total. The number of anilines is 1. The summed E-state index contributed by atoms with van der Waals surface area (Å²) in [7, 11) is 5.01. The van der Waals surface area contributed by atoms with Crippen LogP contribution in [0.2, 0.25) is 0 Å². The van der Waals surface area contributed by atoms with E-state index >= 15 is 0 Å². The fourth-order valence-electron chi connectivity index (χ4n) is 1.17. The van der Waals surface area contributed by atoms with Gasteiger partial charge in [-0.1, -0.05) is 0 Å². The molecule has 0 fully saturated rings. The summed E-state index contributed by atoms with van der Waals surface area (Å²) >= 11 is 0. The van der Waals surface area contributed by atoms with Crippen molar-refractivity contribution in [3.8, 4) is 0 Å². The van der Waals surface area contributed by atoms with Gasteiger partial charge in [-0.05, 0) is 0 Å². The summed E-state index contributed by atoms with van der Waals surface area (Å²) in [6.45, 7) is 0.679. The summed E-state index contributed by atoms with van der Waals surface area (Å²) in [4.78, 5) is 32.2. The van der Waals surface area contributed by atoms with E-state index in [1.54, 1.807) is 21.1 Å². The molecule has 8 heteroatoms. The summed E-state index contributed by atoms with van der Waals surface area (Å²) < 4.78 is 0. The lowest BCUT2D eigenvalue weighted by atomic mass is 10.4. The van der Waals surface area contributed by atoms with Crippen molar-refractivity contribution in [3.05, 3.63) is 18.1 Å². The first kappa shape index (κ1) is 14.7. The fourth-order valence-corrected chi connectivity index (χ4v) is 1.17. The van der Waals surface area contributed by atoms with Gasteiger partial charge in [0.2, 0.25) is 0 Å². The van der Waals surface area contributed by atoms with Crippen molar-refractivity contribution in [1.82, 2.24) is 25.5 Å². The molecule has 1 aromatic rings. The Bertz CT molecular complexity index is 431. The van der Waals surface area contributed by atoms with E-state index in [1.165, 1.54) is 17.3 Å². The molecule has 0 aliphatic carbocycles. The van der Waals surface area contributed by atoms with Crippen molar-refractivity contribution >= 4 is 17.8 Å². The topological polar surface area (TPSA) is 99.2 Å². The molecule has 0 saturated heterocycles. The van der Waals surface area contributed by atoms with E-state index in [4.69, 9.17) is 0 Å². The minimum absolute atomic E-state index is 0.201. The Kier molecular flexibility index (Phi) is 5.52. The second-order valence-electron chi connectivity index (χ2n) is 3.92. The average Bonchev–Trinajstić information content (AvgIpc) is 2.43. The minimum Gasteiger partial charge on any atom is -0.372 e. The van der Waals surface area contributed by atoms with Gasteiger partial charge in [0.05, 0.1) is 12.4 Å². The summed E-state index contributed by atoms with van der Waals surface area (Å²) in [5.74, 6) is 0.268. The van der Waals surface area contributed by atoms with Crippen molar-refractivity contribution in [2.24, 2.45) is 0 Å². The van der Waals surface area contributed by atoms with Gasteiger partial charge in [-0.25, -0.2) is 14.8 Å². The highest BCUT2D eigenvalue weighted by molar-refractivity contribution is 5.92. The van der Waals surface area contributed by atoms with Gasteiger partial charge in [0.15, 0.2) is 0 Å². The Morgan fingerprint density at radius 1 is 1.16 bits per heavy atom. The third-order valence-electron chi connectivity index (χ3n) is 2.23. The van der Waals surface area contributed by atoms with Crippen LogP contribution in [-0.2, 0) is 0 Å². The molecule has 0 spiro atoms. The predicted molar refractivity (Wildman–Crippen MR) is 71.0 cm³/mol. The number of urea groups is 1. The minimum atomic E-state index is -0.325. The van der Waals surface area contributed by atoms with Crippen LogP contribution in [-0.4, -0.2) is 61.0 Å². The van der Waals surface area contributed by atoms with Gasteiger partial charge in [0.25, 0.3) is 5.91 Å². The third-order valence-corrected chi connectivity index (χ3v) is 2.23. The van der Waals surface area contributed by atoms with Crippen molar-refractivity contribution in [3.63, 3.8) is 0 Å². The zero-order valence-electron chi connectivity index (χ0n) is 11.2. The number of nitrogens with one attached hydrogen (secondary N) is 3. The molecule has 19 heavy (non-hydrogen) atoms. The van der Waals surface area contributed by atoms with E-state index < -0.39 is 0 Å². The van der Waals surface area contributed by atoms with Gasteiger partial charge in [-0.15, -0.1) is 0 Å². The molecule has 104 valence electrons. The lowest BCUT2D eigenvalue weighted by molar-refractivity contribution is 0.0948. The van der Waals surface area contributed by atoms with E-state index in [2.05, 4.69) is 25.9 Å². The standard InChI is InChI=1S/C11H18N6O2/c1-12-9-7-15-8(6-16-9)10(18)13-4-5-14-11(19)17(2)3/h6-7H,4-5H2,1-3H3,(H,12,16)(H,13,18)(H,14,19). The molecule has 0 aromatic carbocycles. The van der Waals surface area contributed by atoms with E-state index in [1.807, 2.05) is 0 Å². The lowest BCUT2D eigenvalue weighted by Gasteiger charge is -2.12. The Balaban J connectivity index is 2.33. The summed E-state index contributed by atoms with van der Waals surface area (Å²) in [5, 5.41) is 8.08. The van der Waals surface area contributed by atoms with Crippen LogP contribution < -0.4 is 16.0 Å².